The fourth-order valence-electron chi connectivity index (χ4n) is 1.81. The molecule has 1 unspecified atom stereocenters. The van der Waals surface area contributed by atoms with Crippen molar-refractivity contribution in [2.24, 2.45) is 5.16 Å². The second kappa shape index (κ2) is 7.63. The van der Waals surface area contributed by atoms with Crippen LogP contribution in [0.3, 0.4) is 0 Å². The minimum Gasteiger partial charge on any atom is -0.383 e. The number of hydrogen-bond donors (Lipinski definition) is 1. The number of rotatable bonds is 5. The van der Waals surface area contributed by atoms with E-state index in [4.69, 9.17) is 4.84 Å². The van der Waals surface area contributed by atoms with Gasteiger partial charge in [-0.15, -0.1) is 0 Å². The highest BCUT2D eigenvalue weighted by Gasteiger charge is 2.19. The Morgan fingerprint density at radius 2 is 1.88 bits per heavy atom. The van der Waals surface area contributed by atoms with Crippen LogP contribution >= 0.6 is 0 Å². The Kier molecular flexibility index (Phi) is 5.57. The van der Waals surface area contributed by atoms with Crippen LogP contribution in [-0.4, -0.2) is 18.2 Å². The van der Waals surface area contributed by atoms with Gasteiger partial charge in [-0.25, -0.2) is 13.2 Å². The topological polar surface area (TPSA) is 50.7 Å². The van der Waals surface area contributed by atoms with Crippen molar-refractivity contribution in [3.63, 3.8) is 0 Å². The van der Waals surface area contributed by atoms with Gasteiger partial charge in [-0.2, -0.15) is 0 Å². The summed E-state index contributed by atoms with van der Waals surface area (Å²) in [5, 5.41) is 5.82. The molecule has 0 spiro atoms. The lowest BCUT2D eigenvalue weighted by atomic mass is 10.1. The van der Waals surface area contributed by atoms with E-state index < -0.39 is 35.2 Å². The second-order valence-electron chi connectivity index (χ2n) is 5.05. The molecule has 0 aromatic heterocycles. The van der Waals surface area contributed by atoms with Gasteiger partial charge in [-0.1, -0.05) is 29.4 Å². The smallest absolute Gasteiger partial charge is 0.268 e. The normalized spacial score (nSPS) is 12.2. The van der Waals surface area contributed by atoms with E-state index in [1.807, 2.05) is 31.2 Å². The molecule has 7 heteroatoms. The molecule has 0 aliphatic heterocycles. The summed E-state index contributed by atoms with van der Waals surface area (Å²) in [6, 6.07) is 9.06. The molecule has 2 rings (SSSR count). The van der Waals surface area contributed by atoms with E-state index in [1.165, 1.54) is 13.1 Å². The number of halogens is 3. The molecule has 1 atom stereocenters. The average molecular weight is 336 g/mol. The predicted octanol–water partition coefficient (Wildman–Crippen LogP) is 3.79. The molecule has 0 fully saturated rings. The van der Waals surface area contributed by atoms with Gasteiger partial charge in [-0.3, -0.25) is 4.79 Å². The molecule has 0 bridgehead atoms. The van der Waals surface area contributed by atoms with Gasteiger partial charge in [0.2, 0.25) is 6.10 Å². The third-order valence-corrected chi connectivity index (χ3v) is 3.26. The van der Waals surface area contributed by atoms with Crippen molar-refractivity contribution in [2.45, 2.75) is 20.0 Å². The molecule has 4 nitrogen and oxygen atoms in total. The predicted molar refractivity (Wildman–Crippen MR) is 84.3 cm³/mol. The minimum atomic E-state index is -1.65. The van der Waals surface area contributed by atoms with Gasteiger partial charge in [0.05, 0.1) is 11.9 Å². The summed E-state index contributed by atoms with van der Waals surface area (Å²) in [4.78, 5) is 16.9. The number of carbonyl (C=O) groups excluding carboxylic acids is 1. The van der Waals surface area contributed by atoms with Crippen molar-refractivity contribution in [3.05, 3.63) is 65.0 Å². The van der Waals surface area contributed by atoms with Gasteiger partial charge >= 0.3 is 0 Å². The van der Waals surface area contributed by atoms with Crippen LogP contribution in [0.25, 0.3) is 0 Å². The highest BCUT2D eigenvalue weighted by atomic mass is 19.2. The number of nitrogens with one attached hydrogen (secondary N) is 1. The Bertz CT molecular complexity index is 778. The third kappa shape index (κ3) is 4.13. The van der Waals surface area contributed by atoms with E-state index >= 15 is 0 Å². The summed E-state index contributed by atoms with van der Waals surface area (Å²) in [6.45, 7) is 3.28. The maximum atomic E-state index is 13.5. The Labute approximate surface area is 136 Å². The number of benzene rings is 2. The first-order valence-corrected chi connectivity index (χ1v) is 7.09. The largest absolute Gasteiger partial charge is 0.383 e. The zero-order valence-electron chi connectivity index (χ0n) is 13.0. The molecule has 1 amide bonds. The number of oxime groups is 1. The van der Waals surface area contributed by atoms with Crippen LogP contribution < -0.4 is 5.32 Å². The van der Waals surface area contributed by atoms with E-state index in [0.717, 1.165) is 23.3 Å². The summed E-state index contributed by atoms with van der Waals surface area (Å²) in [7, 11) is 0. The molecule has 2 aromatic carbocycles. The standard InChI is InChI=1S/C17H15F3N2O2/c1-10-5-3-4-6-12(10)9-21-24-11(2)17(23)22-14-8-7-13(18)15(19)16(14)20/h3-9,11H,1-2H3,(H,22,23). The summed E-state index contributed by atoms with van der Waals surface area (Å²) in [5.74, 6) is -5.21. The first-order chi connectivity index (χ1) is 11.4. The number of amides is 1. The van der Waals surface area contributed by atoms with Crippen LogP contribution in [-0.2, 0) is 9.63 Å². The Hall–Kier alpha value is -2.83. The molecule has 2 aromatic rings. The van der Waals surface area contributed by atoms with E-state index in [2.05, 4.69) is 10.5 Å². The lowest BCUT2D eigenvalue weighted by Crippen LogP contribution is -2.27. The van der Waals surface area contributed by atoms with Crippen molar-refractivity contribution in [1.82, 2.24) is 0 Å². The third-order valence-electron chi connectivity index (χ3n) is 3.26. The van der Waals surface area contributed by atoms with Gasteiger partial charge in [0.15, 0.2) is 17.5 Å². The van der Waals surface area contributed by atoms with Gasteiger partial charge in [0, 0.05) is 0 Å². The zero-order valence-corrected chi connectivity index (χ0v) is 13.0. The van der Waals surface area contributed by atoms with Crippen molar-refractivity contribution >= 4 is 17.8 Å². The van der Waals surface area contributed by atoms with Gasteiger partial charge in [-0.05, 0) is 37.1 Å². The number of hydrogen-bond acceptors (Lipinski definition) is 3. The molecule has 0 aliphatic carbocycles. The summed E-state index contributed by atoms with van der Waals surface area (Å²) in [6.07, 6.45) is 0.384. The van der Waals surface area contributed by atoms with Crippen LogP contribution in [0.4, 0.5) is 18.9 Å². The summed E-state index contributed by atoms with van der Waals surface area (Å²) in [5.41, 5.74) is 1.32. The molecule has 1 N–H and O–H groups in total. The van der Waals surface area contributed by atoms with Crippen LogP contribution in [0.15, 0.2) is 41.6 Å². The number of aryl methyl sites for hydroxylation is 1. The number of anilines is 1. The quantitative estimate of drug-likeness (QED) is 0.513. The monoisotopic (exact) mass is 336 g/mol. The molecular weight excluding hydrogens is 321 g/mol. The highest BCUT2D eigenvalue weighted by molar-refractivity contribution is 5.94. The fourth-order valence-corrected chi connectivity index (χ4v) is 1.81. The van der Waals surface area contributed by atoms with E-state index in [1.54, 1.807) is 0 Å². The molecule has 0 saturated carbocycles. The Balaban J connectivity index is 1.98. The minimum absolute atomic E-state index is 0.475. The van der Waals surface area contributed by atoms with Crippen molar-refractivity contribution < 1.29 is 22.8 Å². The Morgan fingerprint density at radius 1 is 1.17 bits per heavy atom. The first kappa shape index (κ1) is 17.5. The molecule has 24 heavy (non-hydrogen) atoms. The van der Waals surface area contributed by atoms with E-state index in [-0.39, 0.29) is 0 Å². The second-order valence-corrected chi connectivity index (χ2v) is 5.05. The van der Waals surface area contributed by atoms with Crippen LogP contribution in [0.2, 0.25) is 0 Å². The zero-order chi connectivity index (χ0) is 17.7. The highest BCUT2D eigenvalue weighted by Crippen LogP contribution is 2.19. The number of nitrogens with zero attached hydrogens (tertiary/aromatic N) is 1. The van der Waals surface area contributed by atoms with Crippen LogP contribution in [0, 0.1) is 24.4 Å². The molecular formula is C17H15F3N2O2. The Morgan fingerprint density at radius 3 is 2.58 bits per heavy atom. The van der Waals surface area contributed by atoms with E-state index in [0.29, 0.717) is 0 Å². The van der Waals surface area contributed by atoms with Crippen LogP contribution in [0.5, 0.6) is 0 Å². The fraction of sp³-hybridized carbons (Fsp3) is 0.176. The van der Waals surface area contributed by atoms with Gasteiger partial charge in [0.1, 0.15) is 0 Å². The molecule has 126 valence electrons. The van der Waals surface area contributed by atoms with Crippen molar-refractivity contribution in [1.29, 1.82) is 0 Å². The van der Waals surface area contributed by atoms with Gasteiger partial charge < -0.3 is 10.2 Å². The average Bonchev–Trinajstić information content (AvgIpc) is 2.57. The van der Waals surface area contributed by atoms with Crippen molar-refractivity contribution in [3.8, 4) is 0 Å². The maximum Gasteiger partial charge on any atom is 0.268 e. The molecule has 0 aliphatic rings. The van der Waals surface area contributed by atoms with E-state index in [9.17, 15) is 18.0 Å². The molecule has 0 saturated heterocycles. The molecule has 0 radical (unpaired) electrons. The SMILES string of the molecule is Cc1ccccc1C=NOC(C)C(=O)Nc1ccc(F)c(F)c1F. The lowest BCUT2D eigenvalue weighted by Gasteiger charge is -2.11. The summed E-state index contributed by atoms with van der Waals surface area (Å²) >= 11 is 0. The van der Waals surface area contributed by atoms with Crippen molar-refractivity contribution in [2.75, 3.05) is 5.32 Å². The maximum absolute atomic E-state index is 13.5. The summed E-state index contributed by atoms with van der Waals surface area (Å²) < 4.78 is 39.5. The first-order valence-electron chi connectivity index (χ1n) is 7.09. The van der Waals surface area contributed by atoms with Gasteiger partial charge in [0.25, 0.3) is 5.91 Å². The lowest BCUT2D eigenvalue weighted by molar-refractivity contribution is -0.126. The molecule has 0 heterocycles. The van der Waals surface area contributed by atoms with Crippen LogP contribution in [0.1, 0.15) is 18.1 Å². The number of carbonyl (C=O) groups is 1.